The third-order valence-electron chi connectivity index (χ3n) is 4.53. The van der Waals surface area contributed by atoms with Crippen LogP contribution in [0.2, 0.25) is 0 Å². The summed E-state index contributed by atoms with van der Waals surface area (Å²) in [6.45, 7) is 5.26. The number of halogens is 1. The van der Waals surface area contributed by atoms with Crippen LogP contribution in [0.15, 0.2) is 77.7 Å². The van der Waals surface area contributed by atoms with Gasteiger partial charge in [0.15, 0.2) is 0 Å². The Hall–Kier alpha value is -3.39. The number of amides is 1. The van der Waals surface area contributed by atoms with E-state index in [0.717, 1.165) is 4.31 Å². The fourth-order valence-electron chi connectivity index (χ4n) is 2.98. The van der Waals surface area contributed by atoms with E-state index >= 15 is 0 Å². The highest BCUT2D eigenvalue weighted by molar-refractivity contribution is 7.92. The van der Waals surface area contributed by atoms with E-state index in [4.69, 9.17) is 4.74 Å². The molecular weight excluding hydrogens is 431 g/mol. The van der Waals surface area contributed by atoms with E-state index < -0.39 is 21.7 Å². The van der Waals surface area contributed by atoms with Crippen molar-refractivity contribution in [3.05, 3.63) is 78.6 Å². The molecule has 3 rings (SSSR count). The Balaban J connectivity index is 1.86. The van der Waals surface area contributed by atoms with Gasteiger partial charge >= 0.3 is 6.09 Å². The third-order valence-corrected chi connectivity index (χ3v) is 6.31. The van der Waals surface area contributed by atoms with Crippen molar-refractivity contribution in [2.45, 2.75) is 31.3 Å². The van der Waals surface area contributed by atoms with Crippen LogP contribution in [0.4, 0.5) is 20.6 Å². The lowest BCUT2D eigenvalue weighted by Crippen LogP contribution is -2.28. The van der Waals surface area contributed by atoms with Crippen molar-refractivity contribution in [2.24, 2.45) is 0 Å². The third kappa shape index (κ3) is 5.64. The molecule has 0 fully saturated rings. The van der Waals surface area contributed by atoms with Crippen LogP contribution in [0.1, 0.15) is 20.8 Å². The molecule has 3 aromatic rings. The molecule has 0 spiro atoms. The summed E-state index contributed by atoms with van der Waals surface area (Å²) in [6.07, 6.45) is -0.632. The number of rotatable bonds is 5. The van der Waals surface area contributed by atoms with Crippen molar-refractivity contribution < 1.29 is 22.3 Å². The van der Waals surface area contributed by atoms with Gasteiger partial charge in [0, 0.05) is 12.7 Å². The van der Waals surface area contributed by atoms with Crippen LogP contribution in [0.3, 0.4) is 0 Å². The van der Waals surface area contributed by atoms with Crippen LogP contribution in [-0.4, -0.2) is 27.2 Å². The summed E-state index contributed by atoms with van der Waals surface area (Å²) in [5.41, 5.74) is 1.47. The number of carbonyl (C=O) groups excluding carboxylic acids is 1. The fourth-order valence-corrected chi connectivity index (χ4v) is 4.21. The van der Waals surface area contributed by atoms with Gasteiger partial charge in [0.2, 0.25) is 0 Å². The van der Waals surface area contributed by atoms with E-state index in [1.807, 2.05) is 0 Å². The molecule has 32 heavy (non-hydrogen) atoms. The standard InChI is InChI=1S/C24H25FN2O4S/c1-24(2,3)31-23(28)26-20-8-6-9-21(16-20)27(4)32(29,30)22-10-5-7-18(15-22)17-11-13-19(25)14-12-17/h5-16H,1-4H3,(H,26,28). The monoisotopic (exact) mass is 456 g/mol. The van der Waals surface area contributed by atoms with Gasteiger partial charge < -0.3 is 4.74 Å². The molecule has 1 N–H and O–H groups in total. The van der Waals surface area contributed by atoms with Gasteiger partial charge in [0.1, 0.15) is 11.4 Å². The molecule has 0 aliphatic rings. The van der Waals surface area contributed by atoms with Crippen molar-refractivity contribution in [3.8, 4) is 11.1 Å². The molecule has 0 aromatic heterocycles. The quantitative estimate of drug-likeness (QED) is 0.537. The number of nitrogens with one attached hydrogen (secondary N) is 1. The molecule has 8 heteroatoms. The minimum absolute atomic E-state index is 0.0901. The van der Waals surface area contributed by atoms with Crippen LogP contribution >= 0.6 is 0 Å². The summed E-state index contributed by atoms with van der Waals surface area (Å²) in [6, 6.07) is 18.7. The zero-order valence-electron chi connectivity index (χ0n) is 18.3. The van der Waals surface area contributed by atoms with Crippen molar-refractivity contribution in [2.75, 3.05) is 16.7 Å². The lowest BCUT2D eigenvalue weighted by Gasteiger charge is -2.22. The normalized spacial score (nSPS) is 11.7. The van der Waals surface area contributed by atoms with E-state index in [-0.39, 0.29) is 10.7 Å². The van der Waals surface area contributed by atoms with E-state index in [2.05, 4.69) is 5.32 Å². The van der Waals surface area contributed by atoms with Gasteiger partial charge in [0.25, 0.3) is 10.0 Å². The first-order valence-corrected chi connectivity index (χ1v) is 11.3. The fraction of sp³-hybridized carbons (Fsp3) is 0.208. The molecule has 0 saturated heterocycles. The number of sulfonamides is 1. The Morgan fingerprint density at radius 3 is 2.25 bits per heavy atom. The molecule has 6 nitrogen and oxygen atoms in total. The molecule has 0 bridgehead atoms. The average molecular weight is 457 g/mol. The molecule has 0 aliphatic heterocycles. The molecule has 0 unspecified atom stereocenters. The van der Waals surface area contributed by atoms with Crippen LogP contribution in [-0.2, 0) is 14.8 Å². The van der Waals surface area contributed by atoms with Gasteiger partial charge in [-0.25, -0.2) is 17.6 Å². The Labute approximate surface area is 187 Å². The van der Waals surface area contributed by atoms with Gasteiger partial charge in [-0.05, 0) is 74.4 Å². The smallest absolute Gasteiger partial charge is 0.412 e. The number of benzene rings is 3. The van der Waals surface area contributed by atoms with E-state index in [1.54, 1.807) is 75.4 Å². The zero-order chi connectivity index (χ0) is 23.5. The van der Waals surface area contributed by atoms with Crippen molar-refractivity contribution in [1.82, 2.24) is 0 Å². The summed E-state index contributed by atoms with van der Waals surface area (Å²) in [5, 5.41) is 2.61. The Morgan fingerprint density at radius 1 is 0.938 bits per heavy atom. The summed E-state index contributed by atoms with van der Waals surface area (Å²) >= 11 is 0. The number of anilines is 2. The van der Waals surface area contributed by atoms with Gasteiger partial charge in [-0.1, -0.05) is 30.3 Å². The first-order valence-electron chi connectivity index (χ1n) is 9.91. The molecule has 0 saturated carbocycles. The number of carbonyl (C=O) groups is 1. The van der Waals surface area contributed by atoms with Crippen LogP contribution in [0.5, 0.6) is 0 Å². The number of nitrogens with zero attached hydrogens (tertiary/aromatic N) is 1. The van der Waals surface area contributed by atoms with Gasteiger partial charge in [0.05, 0.1) is 10.6 Å². The molecule has 0 heterocycles. The van der Waals surface area contributed by atoms with Crippen LogP contribution in [0.25, 0.3) is 11.1 Å². The molecule has 1 amide bonds. The minimum Gasteiger partial charge on any atom is -0.444 e. The summed E-state index contributed by atoms with van der Waals surface area (Å²) in [4.78, 5) is 12.1. The largest absolute Gasteiger partial charge is 0.444 e. The topological polar surface area (TPSA) is 75.7 Å². The zero-order valence-corrected chi connectivity index (χ0v) is 19.1. The second kappa shape index (κ2) is 9.00. The maximum Gasteiger partial charge on any atom is 0.412 e. The molecule has 168 valence electrons. The molecule has 0 aliphatic carbocycles. The van der Waals surface area contributed by atoms with Gasteiger partial charge in [-0.3, -0.25) is 9.62 Å². The predicted octanol–water partition coefficient (Wildman–Crippen LogP) is 5.66. The molecular formula is C24H25FN2O4S. The number of hydrogen-bond acceptors (Lipinski definition) is 4. The highest BCUT2D eigenvalue weighted by Crippen LogP contribution is 2.28. The molecule has 0 radical (unpaired) electrons. The predicted molar refractivity (Wildman–Crippen MR) is 124 cm³/mol. The van der Waals surface area contributed by atoms with E-state index in [1.165, 1.54) is 25.2 Å². The Kier molecular flexibility index (Phi) is 6.55. The van der Waals surface area contributed by atoms with Crippen LogP contribution < -0.4 is 9.62 Å². The van der Waals surface area contributed by atoms with Crippen molar-refractivity contribution in [1.29, 1.82) is 0 Å². The van der Waals surface area contributed by atoms with Crippen LogP contribution in [0, 0.1) is 5.82 Å². The maximum absolute atomic E-state index is 13.2. The SMILES string of the molecule is CN(c1cccc(NC(=O)OC(C)(C)C)c1)S(=O)(=O)c1cccc(-c2ccc(F)cc2)c1. The first-order chi connectivity index (χ1) is 15.0. The van der Waals surface area contributed by atoms with E-state index in [0.29, 0.717) is 22.5 Å². The van der Waals surface area contributed by atoms with Crippen molar-refractivity contribution >= 4 is 27.5 Å². The average Bonchev–Trinajstić information content (AvgIpc) is 2.72. The van der Waals surface area contributed by atoms with E-state index in [9.17, 15) is 17.6 Å². The number of ether oxygens (including phenoxy) is 1. The molecule has 3 aromatic carbocycles. The first kappa shape index (κ1) is 23.3. The Morgan fingerprint density at radius 2 is 1.59 bits per heavy atom. The summed E-state index contributed by atoms with van der Waals surface area (Å²) in [7, 11) is -2.45. The van der Waals surface area contributed by atoms with Gasteiger partial charge in [-0.15, -0.1) is 0 Å². The second-order valence-corrected chi connectivity index (χ2v) is 10.2. The Bertz CT molecular complexity index is 1220. The lowest BCUT2D eigenvalue weighted by atomic mass is 10.1. The lowest BCUT2D eigenvalue weighted by molar-refractivity contribution is 0.0636. The summed E-state index contributed by atoms with van der Waals surface area (Å²) < 4.78 is 46.1. The second-order valence-electron chi connectivity index (χ2n) is 8.18. The minimum atomic E-state index is -3.89. The summed E-state index contributed by atoms with van der Waals surface area (Å²) in [5.74, 6) is -0.364. The molecule has 0 atom stereocenters. The highest BCUT2D eigenvalue weighted by atomic mass is 32.2. The highest BCUT2D eigenvalue weighted by Gasteiger charge is 2.23. The number of hydrogen-bond donors (Lipinski definition) is 1. The van der Waals surface area contributed by atoms with Crippen molar-refractivity contribution in [3.63, 3.8) is 0 Å². The maximum atomic E-state index is 13.2. The van der Waals surface area contributed by atoms with Gasteiger partial charge in [-0.2, -0.15) is 0 Å².